The number of carboxylic acids is 1. The van der Waals surface area contributed by atoms with Crippen LogP contribution >= 0.6 is 0 Å². The lowest BCUT2D eigenvalue weighted by Gasteiger charge is -2.12. The van der Waals surface area contributed by atoms with Crippen LogP contribution in [0.15, 0.2) is 18.3 Å². The fourth-order valence-corrected chi connectivity index (χ4v) is 3.60. The maximum Gasteiger partial charge on any atom is 0.352 e. The number of hydrogen-bond acceptors (Lipinski definition) is 3. The summed E-state index contributed by atoms with van der Waals surface area (Å²) in [4.78, 5) is 10.8. The van der Waals surface area contributed by atoms with Gasteiger partial charge in [0.2, 0.25) is 0 Å². The van der Waals surface area contributed by atoms with Gasteiger partial charge in [-0.15, -0.1) is 0 Å². The van der Waals surface area contributed by atoms with Crippen LogP contribution in [0, 0.1) is 0 Å². The third-order valence-electron chi connectivity index (χ3n) is 2.60. The summed E-state index contributed by atoms with van der Waals surface area (Å²) >= 11 is 0. The molecule has 1 saturated heterocycles. The Bertz CT molecular complexity index is 488. The summed E-state index contributed by atoms with van der Waals surface area (Å²) in [6.07, 6.45) is 2.12. The number of nitrogens with zero attached hydrogens (tertiary/aromatic N) is 1. The Hall–Kier alpha value is -1.30. The monoisotopic (exact) mass is 229 g/mol. The molecule has 0 saturated carbocycles. The van der Waals surface area contributed by atoms with Crippen molar-refractivity contribution in [2.75, 3.05) is 11.5 Å². The van der Waals surface area contributed by atoms with E-state index in [1.807, 2.05) is 0 Å². The molecule has 5 nitrogen and oxygen atoms in total. The molecular weight excluding hydrogens is 218 g/mol. The fraction of sp³-hybridized carbons (Fsp3) is 0.444. The molecule has 1 aromatic heterocycles. The average molecular weight is 229 g/mol. The highest BCUT2D eigenvalue weighted by atomic mass is 32.2. The summed E-state index contributed by atoms with van der Waals surface area (Å²) in [6, 6.07) is 2.87. The van der Waals surface area contributed by atoms with Gasteiger partial charge in [-0.05, 0) is 18.6 Å². The number of aromatic carboxylic acids is 1. The maximum absolute atomic E-state index is 11.3. The summed E-state index contributed by atoms with van der Waals surface area (Å²) < 4.78 is 24.0. The largest absolute Gasteiger partial charge is 0.477 e. The SMILES string of the molecule is O=C(O)c1cccn1C1CCS(=O)(=O)C1. The predicted octanol–water partition coefficient (Wildman–Crippen LogP) is 0.546. The van der Waals surface area contributed by atoms with Gasteiger partial charge >= 0.3 is 5.97 Å². The molecule has 15 heavy (non-hydrogen) atoms. The summed E-state index contributed by atoms with van der Waals surface area (Å²) in [5.74, 6) is -0.832. The van der Waals surface area contributed by atoms with Gasteiger partial charge in [-0.3, -0.25) is 0 Å². The molecule has 0 aliphatic carbocycles. The molecule has 1 aromatic rings. The summed E-state index contributed by atoms with van der Waals surface area (Å²) in [7, 11) is -2.98. The molecule has 1 N–H and O–H groups in total. The zero-order valence-corrected chi connectivity index (χ0v) is 8.77. The minimum Gasteiger partial charge on any atom is -0.477 e. The second-order valence-corrected chi connectivity index (χ2v) is 5.89. The summed E-state index contributed by atoms with van der Waals surface area (Å²) in [5, 5.41) is 8.87. The molecule has 82 valence electrons. The van der Waals surface area contributed by atoms with Gasteiger partial charge in [0.1, 0.15) is 5.69 Å². The molecule has 1 atom stereocenters. The van der Waals surface area contributed by atoms with Gasteiger partial charge < -0.3 is 9.67 Å². The van der Waals surface area contributed by atoms with Crippen molar-refractivity contribution in [3.05, 3.63) is 24.0 Å². The number of aromatic nitrogens is 1. The molecule has 0 amide bonds. The smallest absolute Gasteiger partial charge is 0.352 e. The van der Waals surface area contributed by atoms with Crippen LogP contribution in [0.25, 0.3) is 0 Å². The van der Waals surface area contributed by atoms with E-state index in [2.05, 4.69) is 0 Å². The summed E-state index contributed by atoms with van der Waals surface area (Å²) in [6.45, 7) is 0. The summed E-state index contributed by atoms with van der Waals surface area (Å²) in [5.41, 5.74) is 0.150. The van der Waals surface area contributed by atoms with E-state index in [1.165, 1.54) is 10.6 Å². The third-order valence-corrected chi connectivity index (χ3v) is 4.35. The fourth-order valence-electron chi connectivity index (χ4n) is 1.89. The molecule has 0 radical (unpaired) electrons. The second kappa shape index (κ2) is 3.37. The van der Waals surface area contributed by atoms with E-state index in [-0.39, 0.29) is 23.2 Å². The molecule has 6 heteroatoms. The van der Waals surface area contributed by atoms with Crippen LogP contribution in [-0.2, 0) is 9.84 Å². The highest BCUT2D eigenvalue weighted by Gasteiger charge is 2.30. The third kappa shape index (κ3) is 1.90. The Labute approximate surface area is 87.3 Å². The second-order valence-electron chi connectivity index (χ2n) is 3.66. The lowest BCUT2D eigenvalue weighted by atomic mass is 10.2. The Morgan fingerprint density at radius 1 is 1.53 bits per heavy atom. The Morgan fingerprint density at radius 3 is 2.80 bits per heavy atom. The number of carboxylic acid groups (broad SMARTS) is 1. The van der Waals surface area contributed by atoms with Crippen molar-refractivity contribution in [2.24, 2.45) is 0 Å². The molecule has 1 unspecified atom stereocenters. The number of carbonyl (C=O) groups is 1. The Balaban J connectivity index is 2.32. The van der Waals surface area contributed by atoms with E-state index >= 15 is 0 Å². The van der Waals surface area contributed by atoms with Crippen LogP contribution in [-0.4, -0.2) is 35.6 Å². The van der Waals surface area contributed by atoms with Crippen LogP contribution in [0.4, 0.5) is 0 Å². The van der Waals surface area contributed by atoms with Crippen LogP contribution < -0.4 is 0 Å². The first-order valence-corrected chi connectivity index (χ1v) is 6.42. The maximum atomic E-state index is 11.3. The van der Waals surface area contributed by atoms with Crippen molar-refractivity contribution < 1.29 is 18.3 Å². The predicted molar refractivity (Wildman–Crippen MR) is 53.7 cm³/mol. The van der Waals surface area contributed by atoms with Gasteiger partial charge in [-0.2, -0.15) is 0 Å². The van der Waals surface area contributed by atoms with Crippen molar-refractivity contribution in [3.63, 3.8) is 0 Å². The molecule has 1 aliphatic rings. The lowest BCUT2D eigenvalue weighted by Crippen LogP contribution is -2.15. The molecule has 1 aliphatic heterocycles. The molecular formula is C9H11NO4S. The minimum absolute atomic E-state index is 0.0436. The molecule has 2 rings (SSSR count). The highest BCUT2D eigenvalue weighted by Crippen LogP contribution is 2.25. The van der Waals surface area contributed by atoms with Crippen molar-refractivity contribution in [1.29, 1.82) is 0 Å². The molecule has 0 aromatic carbocycles. The first-order chi connectivity index (χ1) is 6.99. The van der Waals surface area contributed by atoms with Gasteiger partial charge in [-0.25, -0.2) is 13.2 Å². The highest BCUT2D eigenvalue weighted by molar-refractivity contribution is 7.91. The number of rotatable bonds is 2. The van der Waals surface area contributed by atoms with E-state index in [0.29, 0.717) is 6.42 Å². The first-order valence-electron chi connectivity index (χ1n) is 4.60. The lowest BCUT2D eigenvalue weighted by molar-refractivity contribution is 0.0683. The van der Waals surface area contributed by atoms with Gasteiger partial charge in [0.25, 0.3) is 0 Å². The van der Waals surface area contributed by atoms with Crippen LogP contribution in [0.3, 0.4) is 0 Å². The number of sulfone groups is 1. The number of hydrogen-bond donors (Lipinski definition) is 1. The van der Waals surface area contributed by atoms with Gasteiger partial charge in [0.05, 0.1) is 11.5 Å². The van der Waals surface area contributed by atoms with Crippen molar-refractivity contribution in [3.8, 4) is 0 Å². The van der Waals surface area contributed by atoms with E-state index in [0.717, 1.165) is 0 Å². The van der Waals surface area contributed by atoms with Crippen LogP contribution in [0.1, 0.15) is 23.0 Å². The molecule has 2 heterocycles. The topological polar surface area (TPSA) is 76.4 Å². The van der Waals surface area contributed by atoms with Gasteiger partial charge in [-0.1, -0.05) is 0 Å². The molecule has 1 fully saturated rings. The van der Waals surface area contributed by atoms with E-state index in [9.17, 15) is 13.2 Å². The van der Waals surface area contributed by atoms with Crippen LogP contribution in [0.2, 0.25) is 0 Å². The Morgan fingerprint density at radius 2 is 2.27 bits per heavy atom. The zero-order valence-electron chi connectivity index (χ0n) is 7.96. The minimum atomic E-state index is -2.98. The van der Waals surface area contributed by atoms with E-state index in [1.54, 1.807) is 12.3 Å². The van der Waals surface area contributed by atoms with Crippen molar-refractivity contribution in [2.45, 2.75) is 12.5 Å². The Kier molecular flexibility index (Phi) is 2.30. The van der Waals surface area contributed by atoms with Crippen LogP contribution in [0.5, 0.6) is 0 Å². The normalized spacial score (nSPS) is 24.1. The van der Waals surface area contributed by atoms with E-state index < -0.39 is 15.8 Å². The molecule has 0 spiro atoms. The van der Waals surface area contributed by atoms with Crippen molar-refractivity contribution in [1.82, 2.24) is 4.57 Å². The van der Waals surface area contributed by atoms with Crippen molar-refractivity contribution >= 4 is 15.8 Å². The first kappa shape index (κ1) is 10.2. The molecule has 0 bridgehead atoms. The standard InChI is InChI=1S/C9H11NO4S/c11-9(12)8-2-1-4-10(8)7-3-5-15(13,14)6-7/h1-2,4,7H,3,5-6H2,(H,11,12). The van der Waals surface area contributed by atoms with Gasteiger partial charge in [0.15, 0.2) is 9.84 Å². The average Bonchev–Trinajstić information content (AvgIpc) is 2.69. The van der Waals surface area contributed by atoms with Gasteiger partial charge in [0, 0.05) is 12.2 Å². The van der Waals surface area contributed by atoms with E-state index in [4.69, 9.17) is 5.11 Å². The quantitative estimate of drug-likeness (QED) is 0.803. The zero-order chi connectivity index (χ0) is 11.1.